The van der Waals surface area contributed by atoms with Gasteiger partial charge in [0.2, 0.25) is 5.91 Å². The second-order valence-corrected chi connectivity index (χ2v) is 17.0. The minimum atomic E-state index is -1.61. The number of rotatable bonds is 5. The molecule has 6 nitrogen and oxygen atoms in total. The van der Waals surface area contributed by atoms with Crippen molar-refractivity contribution in [2.45, 2.75) is 126 Å². The zero-order valence-electron chi connectivity index (χ0n) is 28.1. The highest BCUT2D eigenvalue weighted by Gasteiger charge is 2.75. The van der Waals surface area contributed by atoms with Gasteiger partial charge in [0, 0.05) is 34.1 Å². The van der Waals surface area contributed by atoms with Gasteiger partial charge in [-0.05, 0) is 85.7 Å². The molecule has 2 N–H and O–H groups in total. The fraction of sp³-hybridized carbons (Fsp3) is 0.784. The summed E-state index contributed by atoms with van der Waals surface area (Å²) in [5.74, 6) is -0.331. The number of amides is 1. The summed E-state index contributed by atoms with van der Waals surface area (Å²) in [7, 11) is 0. The van der Waals surface area contributed by atoms with Crippen LogP contribution >= 0.6 is 0 Å². The van der Waals surface area contributed by atoms with Gasteiger partial charge < -0.3 is 10.4 Å². The van der Waals surface area contributed by atoms with E-state index in [2.05, 4.69) is 52.9 Å². The van der Waals surface area contributed by atoms with Gasteiger partial charge in [-0.15, -0.1) is 0 Å². The van der Waals surface area contributed by atoms with Gasteiger partial charge in [0.1, 0.15) is 11.7 Å². The Morgan fingerprint density at radius 3 is 2.33 bits per heavy atom. The van der Waals surface area contributed by atoms with E-state index in [1.54, 1.807) is 6.08 Å². The van der Waals surface area contributed by atoms with Crippen molar-refractivity contribution in [1.82, 2.24) is 5.32 Å². The number of nitrogens with one attached hydrogen (secondary N) is 1. The number of aliphatic hydroxyl groups is 1. The average molecular weight is 591 g/mol. The smallest absolute Gasteiger partial charge is 0.225 e. The molecule has 3 saturated carbocycles. The Morgan fingerprint density at radius 2 is 1.70 bits per heavy atom. The van der Waals surface area contributed by atoms with Crippen molar-refractivity contribution < 1.29 is 19.5 Å². The van der Waals surface area contributed by atoms with Gasteiger partial charge in [-0.25, -0.2) is 0 Å². The number of carbonyl (C=O) groups excluding carboxylic acids is 3. The Labute approximate surface area is 259 Å². The van der Waals surface area contributed by atoms with Crippen LogP contribution in [0.3, 0.4) is 0 Å². The highest BCUT2D eigenvalue weighted by Crippen LogP contribution is 2.75. The van der Waals surface area contributed by atoms with Crippen molar-refractivity contribution >= 4 is 17.5 Å². The van der Waals surface area contributed by atoms with E-state index in [0.29, 0.717) is 25.3 Å². The van der Waals surface area contributed by atoms with Gasteiger partial charge in [0.25, 0.3) is 0 Å². The summed E-state index contributed by atoms with van der Waals surface area (Å²) in [6, 6.07) is 2.16. The number of Topliss-reactive ketones (excluding diaryl/α,β-unsaturated/α-hetero) is 1. The molecule has 0 bridgehead atoms. The molecule has 0 aromatic rings. The summed E-state index contributed by atoms with van der Waals surface area (Å²) >= 11 is 0. The number of hydrogen-bond acceptors (Lipinski definition) is 5. The summed E-state index contributed by atoms with van der Waals surface area (Å²) in [6.07, 6.45) is 10.9. The molecule has 0 heterocycles. The molecule has 9 atom stereocenters. The molecule has 236 valence electrons. The first-order valence-electron chi connectivity index (χ1n) is 16.8. The summed E-state index contributed by atoms with van der Waals surface area (Å²) in [6.45, 7) is 19.5. The predicted molar refractivity (Wildman–Crippen MR) is 167 cm³/mol. The number of nitrogens with zero attached hydrogens (tertiary/aromatic N) is 1. The van der Waals surface area contributed by atoms with E-state index in [9.17, 15) is 24.8 Å². The number of ketones is 2. The van der Waals surface area contributed by atoms with Gasteiger partial charge >= 0.3 is 0 Å². The van der Waals surface area contributed by atoms with Crippen LogP contribution in [0.1, 0.15) is 120 Å². The largest absolute Gasteiger partial charge is 0.381 e. The van der Waals surface area contributed by atoms with Gasteiger partial charge in [-0.3, -0.25) is 14.4 Å². The predicted octanol–water partition coefficient (Wildman–Crippen LogP) is 6.87. The van der Waals surface area contributed by atoms with Crippen LogP contribution in [0.25, 0.3) is 0 Å². The van der Waals surface area contributed by atoms with E-state index in [1.807, 2.05) is 26.8 Å². The quantitative estimate of drug-likeness (QED) is 0.363. The Balaban J connectivity index is 1.59. The number of carbonyl (C=O) groups is 3. The maximum Gasteiger partial charge on any atom is 0.225 e. The van der Waals surface area contributed by atoms with E-state index >= 15 is 0 Å². The Hall–Kier alpha value is -2.26. The lowest BCUT2D eigenvalue weighted by molar-refractivity contribution is -0.242. The van der Waals surface area contributed by atoms with Crippen LogP contribution in [0.2, 0.25) is 0 Å². The molecule has 43 heavy (non-hydrogen) atoms. The molecule has 6 heteroatoms. The number of fused-ring (bicyclic) bond motifs is 7. The van der Waals surface area contributed by atoms with E-state index in [4.69, 9.17) is 0 Å². The molecule has 0 radical (unpaired) electrons. The van der Waals surface area contributed by atoms with Crippen LogP contribution in [-0.4, -0.2) is 34.7 Å². The van der Waals surface area contributed by atoms with Gasteiger partial charge in [-0.1, -0.05) is 74.8 Å². The zero-order chi connectivity index (χ0) is 32.0. The zero-order valence-corrected chi connectivity index (χ0v) is 28.1. The highest BCUT2D eigenvalue weighted by molar-refractivity contribution is 6.05. The second-order valence-electron chi connectivity index (χ2n) is 17.0. The summed E-state index contributed by atoms with van der Waals surface area (Å²) < 4.78 is 0. The van der Waals surface area contributed by atoms with E-state index < -0.39 is 32.7 Å². The molecule has 0 aromatic heterocycles. The minimum Gasteiger partial charge on any atom is -0.381 e. The third-order valence-corrected chi connectivity index (χ3v) is 14.2. The van der Waals surface area contributed by atoms with Gasteiger partial charge in [-0.2, -0.15) is 5.26 Å². The van der Waals surface area contributed by atoms with Crippen molar-refractivity contribution in [3.05, 3.63) is 23.3 Å². The maximum atomic E-state index is 14.6. The molecular formula is C37H54N2O4. The molecule has 0 saturated heterocycles. The van der Waals surface area contributed by atoms with E-state index in [1.165, 1.54) is 0 Å². The van der Waals surface area contributed by atoms with Crippen LogP contribution in [0.5, 0.6) is 0 Å². The van der Waals surface area contributed by atoms with Crippen molar-refractivity contribution in [2.24, 2.45) is 50.2 Å². The second kappa shape index (κ2) is 9.87. The lowest BCUT2D eigenvalue weighted by Gasteiger charge is -2.71. The first kappa shape index (κ1) is 32.1. The summed E-state index contributed by atoms with van der Waals surface area (Å²) in [5.41, 5.74) is -4.01. The topological polar surface area (TPSA) is 107 Å². The van der Waals surface area contributed by atoms with Crippen molar-refractivity contribution in [3.8, 4) is 6.07 Å². The summed E-state index contributed by atoms with van der Waals surface area (Å²) in [4.78, 5) is 41.6. The first-order valence-corrected chi connectivity index (χ1v) is 16.8. The standard InChI is InChI=1S/C37H54N2O4/c1-10-11-23(2)22-39-30(42)33(6)15-14-32(5)16-17-36(9)35(8)13-12-25-31(3,4)29(41)24(21-38)19-34(25,7)26(35)18-28(40)37(36,43)27(32)20-33/h18-19,23,25,27,43H,10-17,20,22H2,1-9H3,(H,39,42)/t23?,25-,27+,32+,33-,34-,35+,36-,37+/m0/s1. The SMILES string of the molecule is CCCC(C)CNC(=O)[C@@]1(C)CC[C@]2(C)CC[C@@]3(C)[C@]4(C)CC[C@H]5C(C)(C)C(=O)C(C#N)=C[C@]5(C)C4=CC(=O)[C@]3(O)[C@@H]2C1. The molecule has 5 aliphatic rings. The summed E-state index contributed by atoms with van der Waals surface area (Å²) in [5, 5.41) is 26.2. The van der Waals surface area contributed by atoms with Crippen LogP contribution in [0, 0.1) is 61.6 Å². The third kappa shape index (κ3) is 4.08. The monoisotopic (exact) mass is 590 g/mol. The Morgan fingerprint density at radius 1 is 1.05 bits per heavy atom. The molecule has 1 unspecified atom stereocenters. The van der Waals surface area contributed by atoms with Crippen LogP contribution in [0.4, 0.5) is 0 Å². The first-order chi connectivity index (χ1) is 19.8. The third-order valence-electron chi connectivity index (χ3n) is 14.2. The molecule has 5 rings (SSSR count). The average Bonchev–Trinajstić information content (AvgIpc) is 2.94. The molecule has 0 aliphatic heterocycles. The van der Waals surface area contributed by atoms with Crippen molar-refractivity contribution in [2.75, 3.05) is 6.54 Å². The van der Waals surface area contributed by atoms with Crippen LogP contribution < -0.4 is 5.32 Å². The fourth-order valence-electron chi connectivity index (χ4n) is 11.0. The molecule has 5 aliphatic carbocycles. The molecule has 1 amide bonds. The maximum absolute atomic E-state index is 14.6. The van der Waals surface area contributed by atoms with Gasteiger partial charge in [0.05, 0.1) is 5.57 Å². The number of allylic oxidation sites excluding steroid dienone is 3. The fourth-order valence-corrected chi connectivity index (χ4v) is 11.0. The molecule has 0 aromatic carbocycles. The number of nitriles is 1. The minimum absolute atomic E-state index is 0.0374. The van der Waals surface area contributed by atoms with E-state index in [0.717, 1.165) is 50.5 Å². The van der Waals surface area contributed by atoms with Crippen LogP contribution in [-0.2, 0) is 14.4 Å². The lowest BCUT2D eigenvalue weighted by atomic mass is 9.33. The Bertz CT molecular complexity index is 1350. The highest BCUT2D eigenvalue weighted by atomic mass is 16.3. The van der Waals surface area contributed by atoms with Crippen LogP contribution in [0.15, 0.2) is 23.3 Å². The van der Waals surface area contributed by atoms with Gasteiger partial charge in [0.15, 0.2) is 11.6 Å². The molecule has 0 spiro atoms. The Kier molecular flexibility index (Phi) is 7.38. The lowest BCUT2D eigenvalue weighted by Crippen LogP contribution is -2.74. The van der Waals surface area contributed by atoms with Crippen molar-refractivity contribution in [3.63, 3.8) is 0 Å². The normalized spacial score (nSPS) is 45.7. The van der Waals surface area contributed by atoms with Crippen molar-refractivity contribution in [1.29, 1.82) is 5.26 Å². The van der Waals surface area contributed by atoms with E-state index in [-0.39, 0.29) is 40.3 Å². The molecule has 3 fully saturated rings. The molecular weight excluding hydrogens is 536 g/mol. The number of hydrogen-bond donors (Lipinski definition) is 2.